The van der Waals surface area contributed by atoms with Crippen molar-refractivity contribution in [3.8, 4) is 0 Å². The summed E-state index contributed by atoms with van der Waals surface area (Å²) in [5, 5.41) is 0. The molecule has 2 fully saturated rings. The lowest BCUT2D eigenvalue weighted by Gasteiger charge is -2.35. The first-order valence-corrected chi connectivity index (χ1v) is 7.14. The SMILES string of the molecule is FC(F)(F)C1CC(C2CCCN(c3ncccn3)C2)NN1. The van der Waals surface area contributed by atoms with Gasteiger partial charge in [-0.25, -0.2) is 15.4 Å². The molecule has 0 aromatic carbocycles. The van der Waals surface area contributed by atoms with Gasteiger partial charge in [0.1, 0.15) is 6.04 Å². The van der Waals surface area contributed by atoms with E-state index >= 15 is 0 Å². The van der Waals surface area contributed by atoms with E-state index in [1.807, 2.05) is 0 Å². The Labute approximate surface area is 120 Å². The van der Waals surface area contributed by atoms with Gasteiger partial charge in [0.25, 0.3) is 0 Å². The second-order valence-electron chi connectivity index (χ2n) is 5.62. The van der Waals surface area contributed by atoms with Gasteiger partial charge in [-0.15, -0.1) is 0 Å². The lowest BCUT2D eigenvalue weighted by atomic mass is 9.88. The summed E-state index contributed by atoms with van der Waals surface area (Å²) < 4.78 is 38.1. The van der Waals surface area contributed by atoms with Gasteiger partial charge in [0.2, 0.25) is 5.95 Å². The summed E-state index contributed by atoms with van der Waals surface area (Å²) in [6.45, 7) is 1.54. The van der Waals surface area contributed by atoms with Gasteiger partial charge in [0.05, 0.1) is 0 Å². The van der Waals surface area contributed by atoms with Gasteiger partial charge < -0.3 is 4.90 Å². The molecule has 0 spiro atoms. The van der Waals surface area contributed by atoms with E-state index in [0.29, 0.717) is 12.5 Å². The molecule has 0 amide bonds. The molecule has 21 heavy (non-hydrogen) atoms. The fourth-order valence-corrected chi connectivity index (χ4v) is 3.08. The van der Waals surface area contributed by atoms with E-state index in [1.165, 1.54) is 0 Å². The van der Waals surface area contributed by atoms with E-state index in [1.54, 1.807) is 18.5 Å². The molecule has 2 saturated heterocycles. The van der Waals surface area contributed by atoms with Crippen LogP contribution >= 0.6 is 0 Å². The second-order valence-corrected chi connectivity index (χ2v) is 5.62. The van der Waals surface area contributed by atoms with Crippen LogP contribution in [-0.4, -0.2) is 41.3 Å². The first-order valence-electron chi connectivity index (χ1n) is 7.14. The lowest BCUT2D eigenvalue weighted by molar-refractivity contribution is -0.153. The topological polar surface area (TPSA) is 53.1 Å². The maximum Gasteiger partial charge on any atom is 0.405 e. The summed E-state index contributed by atoms with van der Waals surface area (Å²) >= 11 is 0. The van der Waals surface area contributed by atoms with Gasteiger partial charge in [-0.1, -0.05) is 0 Å². The smallest absolute Gasteiger partial charge is 0.340 e. The Balaban J connectivity index is 1.62. The van der Waals surface area contributed by atoms with Gasteiger partial charge >= 0.3 is 6.18 Å². The average Bonchev–Trinajstić information content (AvgIpc) is 2.98. The van der Waals surface area contributed by atoms with Crippen LogP contribution in [0.1, 0.15) is 19.3 Å². The fourth-order valence-electron chi connectivity index (χ4n) is 3.08. The normalized spacial score (nSPS) is 30.6. The number of rotatable bonds is 2. The largest absolute Gasteiger partial charge is 0.405 e. The van der Waals surface area contributed by atoms with E-state index in [0.717, 1.165) is 19.4 Å². The van der Waals surface area contributed by atoms with Crippen LogP contribution in [0.25, 0.3) is 0 Å². The number of hydrazine groups is 1. The minimum atomic E-state index is -4.20. The van der Waals surface area contributed by atoms with E-state index < -0.39 is 12.2 Å². The minimum Gasteiger partial charge on any atom is -0.340 e. The standard InChI is InChI=1S/C13H18F3N5/c14-13(15,16)11-7-10(19-20-11)9-3-1-6-21(8-9)12-17-4-2-5-18-12/h2,4-5,9-11,19-20H,1,3,6-8H2. The maximum atomic E-state index is 12.7. The number of alkyl halides is 3. The van der Waals surface area contributed by atoms with Crippen molar-refractivity contribution in [2.24, 2.45) is 5.92 Å². The molecule has 0 radical (unpaired) electrons. The molecule has 2 aliphatic rings. The third-order valence-electron chi connectivity index (χ3n) is 4.19. The summed E-state index contributed by atoms with van der Waals surface area (Å²) in [5.41, 5.74) is 5.19. The summed E-state index contributed by atoms with van der Waals surface area (Å²) in [6.07, 6.45) is 1.11. The minimum absolute atomic E-state index is 0.0810. The molecular formula is C13H18F3N5. The van der Waals surface area contributed by atoms with Crippen LogP contribution in [0, 0.1) is 5.92 Å². The zero-order valence-corrected chi connectivity index (χ0v) is 11.5. The maximum absolute atomic E-state index is 12.7. The summed E-state index contributed by atoms with van der Waals surface area (Å²) in [5.74, 6) is 0.822. The van der Waals surface area contributed by atoms with Crippen LogP contribution < -0.4 is 15.8 Å². The highest BCUT2D eigenvalue weighted by Gasteiger charge is 2.46. The molecule has 1 aromatic rings. The van der Waals surface area contributed by atoms with E-state index in [4.69, 9.17) is 0 Å². The zero-order chi connectivity index (χ0) is 14.9. The molecule has 1 aromatic heterocycles. The number of nitrogens with zero attached hydrogens (tertiary/aromatic N) is 3. The highest BCUT2D eigenvalue weighted by molar-refractivity contribution is 5.29. The van der Waals surface area contributed by atoms with Crippen molar-refractivity contribution in [1.29, 1.82) is 0 Å². The van der Waals surface area contributed by atoms with Gasteiger partial charge in [-0.3, -0.25) is 5.43 Å². The monoisotopic (exact) mass is 301 g/mol. The third-order valence-corrected chi connectivity index (χ3v) is 4.19. The lowest BCUT2D eigenvalue weighted by Crippen LogP contribution is -2.46. The van der Waals surface area contributed by atoms with Gasteiger partial charge in [-0.05, 0) is 31.2 Å². The Morgan fingerprint density at radius 1 is 1.19 bits per heavy atom. The highest BCUT2D eigenvalue weighted by atomic mass is 19.4. The fraction of sp³-hybridized carbons (Fsp3) is 0.692. The molecule has 3 rings (SSSR count). The number of halogens is 3. The average molecular weight is 301 g/mol. The van der Waals surface area contributed by atoms with E-state index in [9.17, 15) is 13.2 Å². The molecule has 2 aliphatic heterocycles. The van der Waals surface area contributed by atoms with Crippen molar-refractivity contribution in [2.45, 2.75) is 37.5 Å². The van der Waals surface area contributed by atoms with Crippen LogP contribution in [0.5, 0.6) is 0 Å². The Kier molecular flexibility index (Phi) is 3.99. The first kappa shape index (κ1) is 14.5. The Morgan fingerprint density at radius 3 is 2.62 bits per heavy atom. The number of aromatic nitrogens is 2. The quantitative estimate of drug-likeness (QED) is 0.867. The molecule has 0 saturated carbocycles. The van der Waals surface area contributed by atoms with Gasteiger partial charge in [0.15, 0.2) is 0 Å². The molecule has 3 heterocycles. The van der Waals surface area contributed by atoms with Crippen LogP contribution in [-0.2, 0) is 0 Å². The predicted molar refractivity (Wildman–Crippen MR) is 71.5 cm³/mol. The van der Waals surface area contributed by atoms with Crippen LogP contribution in [0.15, 0.2) is 18.5 Å². The molecule has 8 heteroatoms. The highest BCUT2D eigenvalue weighted by Crippen LogP contribution is 2.31. The molecule has 3 atom stereocenters. The van der Waals surface area contributed by atoms with E-state index in [2.05, 4.69) is 25.7 Å². The zero-order valence-electron chi connectivity index (χ0n) is 11.5. The van der Waals surface area contributed by atoms with Crippen LogP contribution in [0.2, 0.25) is 0 Å². The number of hydrogen-bond acceptors (Lipinski definition) is 5. The van der Waals surface area contributed by atoms with Crippen molar-refractivity contribution < 1.29 is 13.2 Å². The van der Waals surface area contributed by atoms with E-state index in [-0.39, 0.29) is 18.4 Å². The molecule has 2 N–H and O–H groups in total. The third kappa shape index (κ3) is 3.26. The molecule has 5 nitrogen and oxygen atoms in total. The Hall–Kier alpha value is -1.41. The van der Waals surface area contributed by atoms with Crippen molar-refractivity contribution >= 4 is 5.95 Å². The summed E-state index contributed by atoms with van der Waals surface area (Å²) in [4.78, 5) is 10.5. The van der Waals surface area contributed by atoms with Crippen LogP contribution in [0.4, 0.5) is 19.1 Å². The molecule has 0 aliphatic carbocycles. The Bertz CT molecular complexity index is 467. The van der Waals surface area contributed by atoms with Crippen LogP contribution in [0.3, 0.4) is 0 Å². The first-order chi connectivity index (χ1) is 10.0. The molecular weight excluding hydrogens is 283 g/mol. The molecule has 0 bridgehead atoms. The van der Waals surface area contributed by atoms with Gasteiger partial charge in [0, 0.05) is 31.5 Å². The molecule has 116 valence electrons. The number of piperidine rings is 1. The van der Waals surface area contributed by atoms with Crippen molar-refractivity contribution in [1.82, 2.24) is 20.8 Å². The van der Waals surface area contributed by atoms with Crippen molar-refractivity contribution in [2.75, 3.05) is 18.0 Å². The molecule has 3 unspecified atom stereocenters. The van der Waals surface area contributed by atoms with Gasteiger partial charge in [-0.2, -0.15) is 13.2 Å². The predicted octanol–water partition coefficient (Wildman–Crippen LogP) is 1.49. The van der Waals surface area contributed by atoms with Crippen molar-refractivity contribution in [3.05, 3.63) is 18.5 Å². The van der Waals surface area contributed by atoms with Crippen molar-refractivity contribution in [3.63, 3.8) is 0 Å². The number of hydrogen-bond donors (Lipinski definition) is 2. The number of nitrogens with one attached hydrogen (secondary N) is 2. The Morgan fingerprint density at radius 2 is 1.95 bits per heavy atom. The summed E-state index contributed by atoms with van der Waals surface area (Å²) in [6, 6.07) is 0.135. The number of anilines is 1. The summed E-state index contributed by atoms with van der Waals surface area (Å²) in [7, 11) is 0. The second kappa shape index (κ2) is 5.76.